The Hall–Kier alpha value is -0.810. The molecular weight excluding hydrogens is 264 g/mol. The van der Waals surface area contributed by atoms with Crippen LogP contribution in [0.25, 0.3) is 0 Å². The lowest BCUT2D eigenvalue weighted by Crippen LogP contribution is -2.39. The Morgan fingerprint density at radius 3 is 2.67 bits per heavy atom. The topological polar surface area (TPSA) is 62.9 Å². The fourth-order valence-corrected chi connectivity index (χ4v) is 3.14. The van der Waals surface area contributed by atoms with Crippen LogP contribution in [0.3, 0.4) is 0 Å². The number of rotatable bonds is 6. The van der Waals surface area contributed by atoms with Crippen molar-refractivity contribution in [3.63, 3.8) is 0 Å². The molecule has 122 valence electrons. The standard InChI is InChI=1S/C16H32N4O/c1-14-3-5-15(6-4-14)13-19-16(17)18-7-2-8-20-9-11-21-12-10-20/h14-15H,2-13H2,1H3,(H3,17,18,19). The summed E-state index contributed by atoms with van der Waals surface area (Å²) < 4.78 is 5.34. The first kappa shape index (κ1) is 16.6. The second-order valence-electron chi connectivity index (χ2n) is 6.59. The minimum Gasteiger partial charge on any atom is -0.379 e. The number of morpholine rings is 1. The molecule has 2 rings (SSSR count). The van der Waals surface area contributed by atoms with Crippen LogP contribution in [0, 0.1) is 11.8 Å². The molecule has 5 heteroatoms. The molecule has 0 radical (unpaired) electrons. The Bertz CT molecular complexity index is 307. The zero-order chi connectivity index (χ0) is 14.9. The molecule has 1 aliphatic heterocycles. The molecule has 5 nitrogen and oxygen atoms in total. The summed E-state index contributed by atoms with van der Waals surface area (Å²) in [5.74, 6) is 2.27. The summed E-state index contributed by atoms with van der Waals surface area (Å²) in [5, 5.41) is 3.24. The van der Waals surface area contributed by atoms with Gasteiger partial charge in [-0.25, -0.2) is 0 Å². The fraction of sp³-hybridized carbons (Fsp3) is 0.938. The number of hydrogen-bond acceptors (Lipinski definition) is 3. The third-order valence-corrected chi connectivity index (χ3v) is 4.72. The van der Waals surface area contributed by atoms with Crippen LogP contribution in [-0.4, -0.2) is 56.8 Å². The Labute approximate surface area is 129 Å². The van der Waals surface area contributed by atoms with Gasteiger partial charge in [0, 0.05) is 26.2 Å². The van der Waals surface area contributed by atoms with E-state index in [0.29, 0.717) is 5.96 Å². The molecule has 0 aromatic carbocycles. The average Bonchev–Trinajstić information content (AvgIpc) is 2.52. The molecule has 1 aliphatic carbocycles. The highest BCUT2D eigenvalue weighted by atomic mass is 16.5. The minimum absolute atomic E-state index is 0.621. The van der Waals surface area contributed by atoms with Crippen LogP contribution < -0.4 is 11.1 Å². The van der Waals surface area contributed by atoms with Crippen molar-refractivity contribution in [1.82, 2.24) is 10.2 Å². The molecule has 0 bridgehead atoms. The molecule has 3 N–H and O–H groups in total. The van der Waals surface area contributed by atoms with Crippen molar-refractivity contribution in [1.29, 1.82) is 0 Å². The number of guanidine groups is 1. The lowest BCUT2D eigenvalue weighted by atomic mass is 9.83. The highest BCUT2D eigenvalue weighted by molar-refractivity contribution is 5.77. The van der Waals surface area contributed by atoms with E-state index in [1.165, 1.54) is 25.7 Å². The third kappa shape index (κ3) is 6.66. The van der Waals surface area contributed by atoms with Gasteiger partial charge in [-0.3, -0.25) is 9.89 Å². The summed E-state index contributed by atoms with van der Waals surface area (Å²) >= 11 is 0. The number of nitrogens with two attached hydrogens (primary N) is 1. The van der Waals surface area contributed by atoms with E-state index in [4.69, 9.17) is 10.5 Å². The lowest BCUT2D eigenvalue weighted by Gasteiger charge is -2.26. The van der Waals surface area contributed by atoms with Crippen LogP contribution >= 0.6 is 0 Å². The van der Waals surface area contributed by atoms with Crippen molar-refractivity contribution >= 4 is 5.96 Å². The summed E-state index contributed by atoms with van der Waals surface area (Å²) in [5.41, 5.74) is 5.94. The van der Waals surface area contributed by atoms with Crippen LogP contribution in [0.2, 0.25) is 0 Å². The Balaban J connectivity index is 1.52. The molecule has 0 atom stereocenters. The highest BCUT2D eigenvalue weighted by Crippen LogP contribution is 2.28. The first-order valence-electron chi connectivity index (χ1n) is 8.58. The number of nitrogens with zero attached hydrogens (tertiary/aromatic N) is 2. The van der Waals surface area contributed by atoms with E-state index in [1.807, 2.05) is 0 Å². The number of ether oxygens (including phenoxy) is 1. The van der Waals surface area contributed by atoms with E-state index in [2.05, 4.69) is 22.1 Å². The van der Waals surface area contributed by atoms with Crippen molar-refractivity contribution in [3.05, 3.63) is 0 Å². The highest BCUT2D eigenvalue weighted by Gasteiger charge is 2.17. The van der Waals surface area contributed by atoms with Gasteiger partial charge in [0.1, 0.15) is 0 Å². The molecule has 2 aliphatic rings. The van der Waals surface area contributed by atoms with Gasteiger partial charge >= 0.3 is 0 Å². The normalized spacial score (nSPS) is 28.5. The molecule has 0 aromatic heterocycles. The van der Waals surface area contributed by atoms with Gasteiger partial charge in [0.05, 0.1) is 13.2 Å². The van der Waals surface area contributed by atoms with E-state index in [-0.39, 0.29) is 0 Å². The molecule has 1 saturated carbocycles. The van der Waals surface area contributed by atoms with Gasteiger partial charge in [-0.15, -0.1) is 0 Å². The number of hydrogen-bond donors (Lipinski definition) is 2. The molecule has 0 spiro atoms. The van der Waals surface area contributed by atoms with Crippen molar-refractivity contribution in [2.75, 3.05) is 45.9 Å². The summed E-state index contributed by atoms with van der Waals surface area (Å²) in [6.45, 7) is 9.14. The zero-order valence-electron chi connectivity index (χ0n) is 13.5. The van der Waals surface area contributed by atoms with Crippen molar-refractivity contribution < 1.29 is 4.74 Å². The molecule has 1 saturated heterocycles. The SMILES string of the molecule is CC1CCC(CN=C(N)NCCCN2CCOCC2)CC1. The maximum absolute atomic E-state index is 5.94. The predicted molar refractivity (Wildman–Crippen MR) is 87.5 cm³/mol. The van der Waals surface area contributed by atoms with Crippen molar-refractivity contribution in [2.24, 2.45) is 22.6 Å². The summed E-state index contributed by atoms with van der Waals surface area (Å²) in [6.07, 6.45) is 6.45. The first-order valence-corrected chi connectivity index (χ1v) is 8.58. The lowest BCUT2D eigenvalue weighted by molar-refractivity contribution is 0.0376. The Morgan fingerprint density at radius 1 is 1.24 bits per heavy atom. The summed E-state index contributed by atoms with van der Waals surface area (Å²) in [4.78, 5) is 6.95. The molecule has 0 aromatic rings. The van der Waals surface area contributed by atoms with Gasteiger partial charge in [-0.1, -0.05) is 19.8 Å². The zero-order valence-corrected chi connectivity index (χ0v) is 13.5. The molecule has 2 fully saturated rings. The van der Waals surface area contributed by atoms with Crippen molar-refractivity contribution in [3.8, 4) is 0 Å². The van der Waals surface area contributed by atoms with Crippen LogP contribution in [0.5, 0.6) is 0 Å². The molecule has 0 amide bonds. The third-order valence-electron chi connectivity index (χ3n) is 4.72. The summed E-state index contributed by atoms with van der Waals surface area (Å²) in [7, 11) is 0. The van der Waals surface area contributed by atoms with Crippen LogP contribution in [0.1, 0.15) is 39.0 Å². The first-order chi connectivity index (χ1) is 10.2. The van der Waals surface area contributed by atoms with E-state index in [9.17, 15) is 0 Å². The Kier molecular flexibility index (Phi) is 7.30. The van der Waals surface area contributed by atoms with Gasteiger partial charge < -0.3 is 15.8 Å². The second kappa shape index (κ2) is 9.26. The fourth-order valence-electron chi connectivity index (χ4n) is 3.14. The largest absolute Gasteiger partial charge is 0.379 e. The smallest absolute Gasteiger partial charge is 0.188 e. The Morgan fingerprint density at radius 2 is 1.95 bits per heavy atom. The van der Waals surface area contributed by atoms with Gasteiger partial charge in [0.25, 0.3) is 0 Å². The van der Waals surface area contributed by atoms with E-state index >= 15 is 0 Å². The monoisotopic (exact) mass is 296 g/mol. The minimum atomic E-state index is 0.621. The van der Waals surface area contributed by atoms with Gasteiger partial charge in [0.2, 0.25) is 0 Å². The molecule has 0 unspecified atom stereocenters. The van der Waals surface area contributed by atoms with E-state index < -0.39 is 0 Å². The van der Waals surface area contributed by atoms with Crippen LogP contribution in [-0.2, 0) is 4.74 Å². The van der Waals surface area contributed by atoms with Crippen LogP contribution in [0.15, 0.2) is 4.99 Å². The van der Waals surface area contributed by atoms with Gasteiger partial charge in [-0.05, 0) is 37.6 Å². The van der Waals surface area contributed by atoms with Crippen molar-refractivity contribution in [2.45, 2.75) is 39.0 Å². The quantitative estimate of drug-likeness (QED) is 0.442. The summed E-state index contributed by atoms with van der Waals surface area (Å²) in [6, 6.07) is 0. The number of aliphatic imine (C=N–C) groups is 1. The number of nitrogens with one attached hydrogen (secondary N) is 1. The molecule has 21 heavy (non-hydrogen) atoms. The van der Waals surface area contributed by atoms with Gasteiger partial charge in [0.15, 0.2) is 5.96 Å². The predicted octanol–water partition coefficient (Wildman–Crippen LogP) is 1.44. The van der Waals surface area contributed by atoms with Gasteiger partial charge in [-0.2, -0.15) is 0 Å². The maximum atomic E-state index is 5.94. The second-order valence-corrected chi connectivity index (χ2v) is 6.59. The van der Waals surface area contributed by atoms with Crippen LogP contribution in [0.4, 0.5) is 0 Å². The van der Waals surface area contributed by atoms with E-state index in [0.717, 1.165) is 64.2 Å². The maximum Gasteiger partial charge on any atom is 0.188 e. The molecular formula is C16H32N4O. The van der Waals surface area contributed by atoms with E-state index in [1.54, 1.807) is 0 Å². The average molecular weight is 296 g/mol. The molecule has 1 heterocycles.